The fraction of sp³-hybridized carbons (Fsp3) is 0.0588. The largest absolute Gasteiger partial charge is 0.429 e. The number of rotatable bonds is 4. The molecule has 1 heterocycles. The molecule has 3 aromatic rings. The Morgan fingerprint density at radius 2 is 1.50 bits per heavy atom. The molecule has 0 fully saturated rings. The molecule has 0 aliphatic carbocycles. The molecular formula is C17H15NO2. The molecule has 3 heteroatoms. The van der Waals surface area contributed by atoms with Crippen molar-refractivity contribution in [3.05, 3.63) is 72.5 Å². The molecule has 0 radical (unpaired) electrons. The van der Waals surface area contributed by atoms with Crippen LogP contribution in [0, 0.1) is 0 Å². The highest BCUT2D eigenvalue weighted by atomic mass is 16.6. The predicted molar refractivity (Wildman–Crippen MR) is 78.6 cm³/mol. The second-order valence-electron chi connectivity index (χ2n) is 4.42. The van der Waals surface area contributed by atoms with Crippen LogP contribution < -0.4 is 10.5 Å². The summed E-state index contributed by atoms with van der Waals surface area (Å²) in [7, 11) is 0. The number of benzene rings is 2. The number of ether oxygens (including phenoxy) is 1. The molecule has 0 aliphatic rings. The van der Waals surface area contributed by atoms with Crippen LogP contribution in [0.3, 0.4) is 0 Å². The van der Waals surface area contributed by atoms with Gasteiger partial charge in [0.25, 0.3) is 5.95 Å². The average molecular weight is 265 g/mol. The van der Waals surface area contributed by atoms with Gasteiger partial charge in [0.2, 0.25) is 0 Å². The van der Waals surface area contributed by atoms with Crippen molar-refractivity contribution in [3.8, 4) is 22.8 Å². The zero-order chi connectivity index (χ0) is 13.8. The van der Waals surface area contributed by atoms with E-state index in [0.29, 0.717) is 18.3 Å². The summed E-state index contributed by atoms with van der Waals surface area (Å²) in [6, 6.07) is 21.7. The number of hydrogen-bond acceptors (Lipinski definition) is 3. The van der Waals surface area contributed by atoms with E-state index in [1.165, 1.54) is 5.56 Å². The van der Waals surface area contributed by atoms with Crippen LogP contribution in [0.1, 0.15) is 5.76 Å². The smallest absolute Gasteiger partial charge is 0.290 e. The molecule has 0 amide bonds. The fourth-order valence-corrected chi connectivity index (χ4v) is 1.98. The highest BCUT2D eigenvalue weighted by Gasteiger charge is 2.03. The zero-order valence-electron chi connectivity index (χ0n) is 11.0. The Kier molecular flexibility index (Phi) is 3.52. The monoisotopic (exact) mass is 265 g/mol. The lowest BCUT2D eigenvalue weighted by Crippen LogP contribution is -1.92. The van der Waals surface area contributed by atoms with Crippen LogP contribution in [-0.4, -0.2) is 0 Å². The predicted octanol–water partition coefficient (Wildman–Crippen LogP) is 4.20. The summed E-state index contributed by atoms with van der Waals surface area (Å²) in [5, 5.41) is 0. The third-order valence-electron chi connectivity index (χ3n) is 3.02. The van der Waals surface area contributed by atoms with Gasteiger partial charge in [-0.25, -0.2) is 0 Å². The molecule has 0 atom stereocenters. The highest BCUT2D eigenvalue weighted by molar-refractivity contribution is 5.63. The van der Waals surface area contributed by atoms with Crippen molar-refractivity contribution in [2.45, 2.75) is 6.54 Å². The van der Waals surface area contributed by atoms with Gasteiger partial charge in [0, 0.05) is 6.07 Å². The Morgan fingerprint density at radius 1 is 0.800 bits per heavy atom. The summed E-state index contributed by atoms with van der Waals surface area (Å²) in [4.78, 5) is 0. The first-order chi connectivity index (χ1) is 9.85. The molecule has 1 aromatic heterocycles. The van der Waals surface area contributed by atoms with Gasteiger partial charge in [-0.05, 0) is 29.3 Å². The van der Waals surface area contributed by atoms with Crippen molar-refractivity contribution in [2.24, 2.45) is 5.73 Å². The van der Waals surface area contributed by atoms with E-state index in [-0.39, 0.29) is 0 Å². The van der Waals surface area contributed by atoms with Gasteiger partial charge in [-0.3, -0.25) is 0 Å². The summed E-state index contributed by atoms with van der Waals surface area (Å²) >= 11 is 0. The van der Waals surface area contributed by atoms with Crippen molar-refractivity contribution in [2.75, 3.05) is 0 Å². The van der Waals surface area contributed by atoms with Gasteiger partial charge in [-0.2, -0.15) is 0 Å². The zero-order valence-corrected chi connectivity index (χ0v) is 11.0. The Balaban J connectivity index is 1.76. The minimum atomic E-state index is 0.371. The maximum atomic E-state index is 5.63. The molecule has 100 valence electrons. The molecule has 2 aromatic carbocycles. The molecule has 0 bridgehead atoms. The lowest BCUT2D eigenvalue weighted by Gasteiger charge is -2.04. The van der Waals surface area contributed by atoms with E-state index < -0.39 is 0 Å². The van der Waals surface area contributed by atoms with Crippen molar-refractivity contribution < 1.29 is 9.15 Å². The Labute approximate surface area is 117 Å². The van der Waals surface area contributed by atoms with Gasteiger partial charge in [0.05, 0.1) is 6.54 Å². The molecule has 0 unspecified atom stereocenters. The first-order valence-electron chi connectivity index (χ1n) is 6.47. The van der Waals surface area contributed by atoms with Gasteiger partial charge in [0.15, 0.2) is 0 Å². The standard InChI is InChI=1S/C17H15NO2/c18-12-16-10-11-17(20-16)19-15-8-6-14(7-9-15)13-4-2-1-3-5-13/h1-11H,12,18H2. The molecule has 3 nitrogen and oxygen atoms in total. The van der Waals surface area contributed by atoms with Crippen molar-refractivity contribution >= 4 is 0 Å². The van der Waals surface area contributed by atoms with E-state index in [1.807, 2.05) is 48.5 Å². The number of furan rings is 1. The topological polar surface area (TPSA) is 48.4 Å². The summed E-state index contributed by atoms with van der Waals surface area (Å²) < 4.78 is 11.0. The molecule has 3 rings (SSSR count). The van der Waals surface area contributed by atoms with E-state index in [4.69, 9.17) is 14.9 Å². The van der Waals surface area contributed by atoms with Crippen LogP contribution in [0.4, 0.5) is 0 Å². The van der Waals surface area contributed by atoms with Gasteiger partial charge in [-0.15, -0.1) is 0 Å². The minimum Gasteiger partial charge on any atom is -0.429 e. The van der Waals surface area contributed by atoms with E-state index in [9.17, 15) is 0 Å². The van der Waals surface area contributed by atoms with Crippen LogP contribution in [0.15, 0.2) is 71.1 Å². The lowest BCUT2D eigenvalue weighted by atomic mass is 10.1. The van der Waals surface area contributed by atoms with E-state index in [1.54, 1.807) is 6.07 Å². The fourth-order valence-electron chi connectivity index (χ4n) is 1.98. The quantitative estimate of drug-likeness (QED) is 0.769. The van der Waals surface area contributed by atoms with Crippen LogP contribution in [-0.2, 0) is 6.54 Å². The number of hydrogen-bond donors (Lipinski definition) is 1. The second-order valence-corrected chi connectivity index (χ2v) is 4.42. The SMILES string of the molecule is NCc1ccc(Oc2ccc(-c3ccccc3)cc2)o1. The van der Waals surface area contributed by atoms with Gasteiger partial charge >= 0.3 is 0 Å². The summed E-state index contributed by atoms with van der Waals surface area (Å²) in [6.45, 7) is 0.371. The first kappa shape index (κ1) is 12.5. The van der Waals surface area contributed by atoms with E-state index >= 15 is 0 Å². The van der Waals surface area contributed by atoms with Crippen LogP contribution in [0.5, 0.6) is 11.7 Å². The molecule has 20 heavy (non-hydrogen) atoms. The molecule has 0 saturated heterocycles. The van der Waals surface area contributed by atoms with Gasteiger partial charge < -0.3 is 14.9 Å². The lowest BCUT2D eigenvalue weighted by molar-refractivity contribution is 0.333. The summed E-state index contributed by atoms with van der Waals surface area (Å²) in [6.07, 6.45) is 0. The Morgan fingerprint density at radius 3 is 2.15 bits per heavy atom. The normalized spacial score (nSPS) is 10.4. The summed E-state index contributed by atoms with van der Waals surface area (Å²) in [5.41, 5.74) is 7.83. The molecule has 0 saturated carbocycles. The molecule has 0 spiro atoms. The first-order valence-corrected chi connectivity index (χ1v) is 6.47. The van der Waals surface area contributed by atoms with Crippen LogP contribution in [0.2, 0.25) is 0 Å². The minimum absolute atomic E-state index is 0.371. The molecular weight excluding hydrogens is 250 g/mol. The van der Waals surface area contributed by atoms with Gasteiger partial charge in [-0.1, -0.05) is 42.5 Å². The third-order valence-corrected chi connectivity index (χ3v) is 3.02. The van der Waals surface area contributed by atoms with Crippen molar-refractivity contribution in [1.29, 1.82) is 0 Å². The highest BCUT2D eigenvalue weighted by Crippen LogP contribution is 2.26. The molecule has 2 N–H and O–H groups in total. The molecule has 0 aliphatic heterocycles. The Bertz CT molecular complexity index is 672. The van der Waals surface area contributed by atoms with Crippen molar-refractivity contribution in [3.63, 3.8) is 0 Å². The second kappa shape index (κ2) is 5.63. The van der Waals surface area contributed by atoms with Crippen LogP contribution in [0.25, 0.3) is 11.1 Å². The third kappa shape index (κ3) is 2.73. The Hall–Kier alpha value is -2.52. The maximum Gasteiger partial charge on any atom is 0.290 e. The van der Waals surface area contributed by atoms with E-state index in [2.05, 4.69) is 12.1 Å². The average Bonchev–Trinajstić information content (AvgIpc) is 2.97. The summed E-state index contributed by atoms with van der Waals surface area (Å²) in [5.74, 6) is 1.90. The van der Waals surface area contributed by atoms with E-state index in [0.717, 1.165) is 11.3 Å². The maximum absolute atomic E-state index is 5.63. The van der Waals surface area contributed by atoms with Crippen LogP contribution >= 0.6 is 0 Å². The van der Waals surface area contributed by atoms with Crippen molar-refractivity contribution in [1.82, 2.24) is 0 Å². The van der Waals surface area contributed by atoms with Gasteiger partial charge in [0.1, 0.15) is 11.5 Å². The number of nitrogens with two attached hydrogens (primary N) is 1.